The Hall–Kier alpha value is -2.55. The number of aromatic nitrogens is 4. The predicted molar refractivity (Wildman–Crippen MR) is 99.1 cm³/mol. The first-order valence-electron chi connectivity index (χ1n) is 8.34. The van der Waals surface area contributed by atoms with E-state index < -0.39 is 50.2 Å². The number of aliphatic hydroxyl groups is 4. The van der Waals surface area contributed by atoms with Gasteiger partial charge in [-0.15, -0.1) is 0 Å². The summed E-state index contributed by atoms with van der Waals surface area (Å²) in [5, 5.41) is 39.1. The molecule has 0 saturated carbocycles. The molecule has 7 N–H and O–H groups in total. The monoisotopic (exact) mass is 444 g/mol. The minimum absolute atomic E-state index is 0.0968. The molecule has 4 atom stereocenters. The smallest absolute Gasteiger partial charge is 0.388 e. The van der Waals surface area contributed by atoms with E-state index in [2.05, 4.69) is 19.5 Å². The molecule has 0 aliphatic heterocycles. The Morgan fingerprint density at radius 2 is 1.63 bits per heavy atom. The van der Waals surface area contributed by atoms with Gasteiger partial charge in [0, 0.05) is 0 Å². The molecule has 0 bridgehead atoms. The van der Waals surface area contributed by atoms with Crippen LogP contribution >= 0.6 is 7.82 Å². The summed E-state index contributed by atoms with van der Waals surface area (Å²) in [5.74, 6) is 0. The minimum atomic E-state index is -5.20. The van der Waals surface area contributed by atoms with Gasteiger partial charge in [-0.3, -0.25) is 18.9 Å². The highest BCUT2D eigenvalue weighted by Gasteiger charge is 2.35. The van der Waals surface area contributed by atoms with Crippen LogP contribution in [0.3, 0.4) is 0 Å². The number of aliphatic hydroxyl groups excluding tert-OH is 4. The lowest BCUT2D eigenvalue weighted by Gasteiger charge is -2.26. The molecule has 14 nitrogen and oxygen atoms in total. The molecule has 0 fully saturated rings. The predicted octanol–water partition coefficient (Wildman–Crippen LogP) is -2.86. The van der Waals surface area contributed by atoms with Gasteiger partial charge in [0.15, 0.2) is 17.5 Å². The van der Waals surface area contributed by atoms with E-state index in [0.29, 0.717) is 15.6 Å². The summed E-state index contributed by atoms with van der Waals surface area (Å²) in [6.07, 6.45) is -9.18. The van der Waals surface area contributed by atoms with E-state index in [9.17, 15) is 34.6 Å². The summed E-state index contributed by atoms with van der Waals surface area (Å²) in [7, 11) is -5.20. The lowest BCUT2D eigenvalue weighted by atomic mass is 10.1. The number of rotatable bonds is 7. The maximum atomic E-state index is 12.7. The second kappa shape index (κ2) is 8.29. The Labute approximate surface area is 165 Å². The van der Waals surface area contributed by atoms with E-state index in [1.807, 2.05) is 0 Å². The zero-order chi connectivity index (χ0) is 22.2. The molecule has 0 saturated heterocycles. The molecule has 1 unspecified atom stereocenters. The number of hydrogen-bond donors (Lipinski definition) is 7. The third-order valence-electron chi connectivity index (χ3n) is 4.14. The molecule has 2 heterocycles. The largest absolute Gasteiger partial charge is 0.472 e. The molecule has 0 aliphatic carbocycles. The van der Waals surface area contributed by atoms with E-state index in [-0.39, 0.29) is 11.2 Å². The highest BCUT2D eigenvalue weighted by atomic mass is 31.2. The highest BCUT2D eigenvalue weighted by Crippen LogP contribution is 2.37. The number of nitrogens with zero attached hydrogens (tertiary/aromatic N) is 3. The second-order valence-corrected chi connectivity index (χ2v) is 7.48. The van der Waals surface area contributed by atoms with E-state index in [1.165, 1.54) is 0 Å². The molecule has 0 amide bonds. The van der Waals surface area contributed by atoms with Crippen molar-refractivity contribution in [1.29, 1.82) is 0 Å². The Balaban J connectivity index is 1.91. The van der Waals surface area contributed by atoms with E-state index in [0.717, 1.165) is 0 Å². The molecule has 0 radical (unpaired) electrons. The number of H-pyrrole nitrogens is 1. The Bertz CT molecular complexity index is 1240. The van der Waals surface area contributed by atoms with Crippen LogP contribution in [-0.4, -0.2) is 74.3 Å². The molecular formula is C15H17N4O10P. The first kappa shape index (κ1) is 22.1. The molecule has 0 aliphatic rings. The molecule has 15 heteroatoms. The Morgan fingerprint density at radius 1 is 1.03 bits per heavy atom. The van der Waals surface area contributed by atoms with Crippen molar-refractivity contribution in [3.05, 3.63) is 45.1 Å². The number of phosphoric ester groups is 1. The normalized spacial score (nSPS) is 16.5. The molecule has 1 aromatic carbocycles. The first-order valence-corrected chi connectivity index (χ1v) is 9.87. The van der Waals surface area contributed by atoms with Gasteiger partial charge in [0.25, 0.3) is 5.56 Å². The summed E-state index contributed by atoms with van der Waals surface area (Å²) in [6, 6.07) is 6.57. The van der Waals surface area contributed by atoms with Gasteiger partial charge in [-0.1, -0.05) is 12.1 Å². The number of hydrogen-bond acceptors (Lipinski definition) is 10. The maximum absolute atomic E-state index is 12.7. The van der Waals surface area contributed by atoms with E-state index in [4.69, 9.17) is 9.79 Å². The van der Waals surface area contributed by atoms with Crippen LogP contribution in [0.5, 0.6) is 0 Å². The standard InChI is InChI=1S/C15H17N4O10P/c20-8(10(21)11(22)14(24)29-30(26,27)28)5-19-13(23)9-12(18-15(19)25)17-7-4-2-1-3-6(7)16-9/h1-4,8,10-11,14,20-22,24H,5H2,(H,17,18,25)(H2,26,27,28)/t8-,10-,11-,14?/m0/s1. The molecule has 30 heavy (non-hydrogen) atoms. The minimum Gasteiger partial charge on any atom is -0.388 e. The van der Waals surface area contributed by atoms with Crippen LogP contribution in [0.1, 0.15) is 0 Å². The Kier molecular flexibility index (Phi) is 6.12. The fraction of sp³-hybridized carbons (Fsp3) is 0.333. The van der Waals surface area contributed by atoms with E-state index >= 15 is 0 Å². The quantitative estimate of drug-likeness (QED) is 0.111. The van der Waals surface area contributed by atoms with Gasteiger partial charge in [0.2, 0.25) is 0 Å². The first-order chi connectivity index (χ1) is 14.0. The molecule has 2 aromatic heterocycles. The van der Waals surface area contributed by atoms with Crippen molar-refractivity contribution in [2.45, 2.75) is 31.1 Å². The van der Waals surface area contributed by atoms with Crippen molar-refractivity contribution in [2.24, 2.45) is 0 Å². The lowest BCUT2D eigenvalue weighted by Crippen LogP contribution is -2.49. The maximum Gasteiger partial charge on any atom is 0.472 e. The third kappa shape index (κ3) is 4.61. The number of aromatic amines is 1. The van der Waals surface area contributed by atoms with Gasteiger partial charge in [0.1, 0.15) is 18.3 Å². The molecular weight excluding hydrogens is 427 g/mol. The summed E-state index contributed by atoms with van der Waals surface area (Å²) < 4.78 is 15.0. The summed E-state index contributed by atoms with van der Waals surface area (Å²) in [6.45, 7) is -0.848. The SMILES string of the molecule is O=c1[nH]c2nc3ccccc3nc2c(=O)n1C[C@H](O)[C@H](O)[C@H](O)C(O)OP(=O)(O)O. The molecule has 0 spiro atoms. The zero-order valence-corrected chi connectivity index (χ0v) is 15.8. The van der Waals surface area contributed by atoms with Crippen LogP contribution in [0.15, 0.2) is 33.9 Å². The topological polar surface area (TPSA) is 228 Å². The number of fused-ring (bicyclic) bond motifs is 2. The van der Waals surface area contributed by atoms with Crippen molar-refractivity contribution < 1.29 is 39.3 Å². The number of benzene rings is 1. The summed E-state index contributed by atoms with van der Waals surface area (Å²) in [5.41, 5.74) is -1.46. The van der Waals surface area contributed by atoms with E-state index in [1.54, 1.807) is 24.3 Å². The fourth-order valence-electron chi connectivity index (χ4n) is 2.69. The van der Waals surface area contributed by atoms with Gasteiger partial charge in [-0.25, -0.2) is 19.3 Å². The average molecular weight is 444 g/mol. The fourth-order valence-corrected chi connectivity index (χ4v) is 3.09. The van der Waals surface area contributed by atoms with Crippen molar-refractivity contribution in [3.63, 3.8) is 0 Å². The number of nitrogens with one attached hydrogen (secondary N) is 1. The van der Waals surface area contributed by atoms with Crippen molar-refractivity contribution in [3.8, 4) is 0 Å². The molecule has 3 aromatic rings. The van der Waals surface area contributed by atoms with Crippen LogP contribution in [0.2, 0.25) is 0 Å². The summed E-state index contributed by atoms with van der Waals surface area (Å²) in [4.78, 5) is 52.7. The second-order valence-electron chi connectivity index (χ2n) is 6.29. The number of phosphoric acid groups is 1. The van der Waals surface area contributed by atoms with Gasteiger partial charge >= 0.3 is 13.5 Å². The van der Waals surface area contributed by atoms with Crippen LogP contribution < -0.4 is 11.2 Å². The van der Waals surface area contributed by atoms with Crippen molar-refractivity contribution >= 4 is 30.0 Å². The van der Waals surface area contributed by atoms with Crippen LogP contribution in [-0.2, 0) is 15.6 Å². The third-order valence-corrected chi connectivity index (χ3v) is 4.63. The molecule has 162 valence electrons. The van der Waals surface area contributed by atoms with Gasteiger partial charge in [0.05, 0.1) is 17.6 Å². The van der Waals surface area contributed by atoms with Crippen LogP contribution in [0.25, 0.3) is 22.2 Å². The van der Waals surface area contributed by atoms with Crippen molar-refractivity contribution in [1.82, 2.24) is 19.5 Å². The van der Waals surface area contributed by atoms with Crippen LogP contribution in [0.4, 0.5) is 0 Å². The lowest BCUT2D eigenvalue weighted by molar-refractivity contribution is -0.172. The highest BCUT2D eigenvalue weighted by molar-refractivity contribution is 7.46. The van der Waals surface area contributed by atoms with Gasteiger partial charge < -0.3 is 30.2 Å². The van der Waals surface area contributed by atoms with Gasteiger partial charge in [-0.2, -0.15) is 0 Å². The number of para-hydroxylation sites is 2. The van der Waals surface area contributed by atoms with Gasteiger partial charge in [-0.05, 0) is 12.1 Å². The zero-order valence-electron chi connectivity index (χ0n) is 14.9. The Morgan fingerprint density at radius 3 is 2.23 bits per heavy atom. The van der Waals surface area contributed by atoms with Crippen LogP contribution in [0, 0.1) is 0 Å². The average Bonchev–Trinajstić information content (AvgIpc) is 2.67. The molecule has 3 rings (SSSR count). The van der Waals surface area contributed by atoms with Crippen molar-refractivity contribution in [2.75, 3.05) is 0 Å². The summed E-state index contributed by atoms with van der Waals surface area (Å²) >= 11 is 0.